The first-order valence-corrected chi connectivity index (χ1v) is 7.86. The minimum atomic E-state index is 0.598. The molecule has 0 aliphatic carbocycles. The Bertz CT molecular complexity index is 725. The molecule has 0 saturated heterocycles. The van der Waals surface area contributed by atoms with Gasteiger partial charge in [-0.2, -0.15) is 11.3 Å². The van der Waals surface area contributed by atoms with Gasteiger partial charge in [0.25, 0.3) is 0 Å². The van der Waals surface area contributed by atoms with Crippen LogP contribution < -0.4 is 4.74 Å². The molecule has 1 aromatic carbocycles. The molecule has 20 heavy (non-hydrogen) atoms. The third-order valence-electron chi connectivity index (χ3n) is 3.26. The maximum Gasteiger partial charge on any atom is 0.121 e. The zero-order valence-electron chi connectivity index (χ0n) is 11.1. The average molecular weight is 304 g/mol. The average Bonchev–Trinajstić information content (AvgIpc) is 3.00. The van der Waals surface area contributed by atoms with Gasteiger partial charge in [0, 0.05) is 28.3 Å². The van der Waals surface area contributed by atoms with Gasteiger partial charge in [-0.05, 0) is 41.6 Å². The number of benzene rings is 1. The molecule has 0 saturated carbocycles. The number of aromatic nitrogens is 1. The lowest BCUT2D eigenvalue weighted by Crippen LogP contribution is -1.95. The Morgan fingerprint density at radius 3 is 2.85 bits per heavy atom. The van der Waals surface area contributed by atoms with Gasteiger partial charge in [0.2, 0.25) is 0 Å². The summed E-state index contributed by atoms with van der Waals surface area (Å²) >= 11 is 7.60. The summed E-state index contributed by atoms with van der Waals surface area (Å²) in [6.07, 6.45) is 0.821. The minimum Gasteiger partial charge on any atom is -0.497 e. The van der Waals surface area contributed by atoms with Crippen LogP contribution in [-0.4, -0.2) is 18.0 Å². The van der Waals surface area contributed by atoms with Crippen LogP contribution in [0.25, 0.3) is 22.2 Å². The van der Waals surface area contributed by atoms with Crippen molar-refractivity contribution in [2.75, 3.05) is 13.0 Å². The molecule has 3 rings (SSSR count). The van der Waals surface area contributed by atoms with Gasteiger partial charge in [-0.15, -0.1) is 11.6 Å². The zero-order chi connectivity index (χ0) is 13.9. The van der Waals surface area contributed by atoms with E-state index in [1.165, 1.54) is 5.56 Å². The van der Waals surface area contributed by atoms with Gasteiger partial charge in [0.15, 0.2) is 0 Å². The van der Waals surface area contributed by atoms with E-state index in [4.69, 9.17) is 21.3 Å². The third-order valence-corrected chi connectivity index (χ3v) is 4.13. The second kappa shape index (κ2) is 5.81. The highest BCUT2D eigenvalue weighted by Crippen LogP contribution is 2.29. The van der Waals surface area contributed by atoms with Crippen LogP contribution in [0.1, 0.15) is 5.56 Å². The topological polar surface area (TPSA) is 22.1 Å². The first-order valence-electron chi connectivity index (χ1n) is 6.38. The van der Waals surface area contributed by atoms with E-state index in [-0.39, 0.29) is 0 Å². The van der Waals surface area contributed by atoms with Gasteiger partial charge < -0.3 is 4.74 Å². The molecular weight excluding hydrogens is 290 g/mol. The summed E-state index contributed by atoms with van der Waals surface area (Å²) in [5, 5.41) is 5.30. The van der Waals surface area contributed by atoms with Crippen LogP contribution >= 0.6 is 22.9 Å². The Kier molecular flexibility index (Phi) is 3.90. The summed E-state index contributed by atoms with van der Waals surface area (Å²) in [6.45, 7) is 0. The summed E-state index contributed by atoms with van der Waals surface area (Å²) in [5.41, 5.74) is 4.31. The number of hydrogen-bond acceptors (Lipinski definition) is 3. The lowest BCUT2D eigenvalue weighted by atomic mass is 10.0. The number of hydrogen-bond donors (Lipinski definition) is 0. The van der Waals surface area contributed by atoms with E-state index in [0.717, 1.165) is 34.3 Å². The third kappa shape index (κ3) is 2.51. The fourth-order valence-corrected chi connectivity index (χ4v) is 3.10. The van der Waals surface area contributed by atoms with Crippen LogP contribution in [0.5, 0.6) is 5.75 Å². The molecule has 0 atom stereocenters. The molecule has 0 aliphatic heterocycles. The summed E-state index contributed by atoms with van der Waals surface area (Å²) in [4.78, 5) is 4.81. The number of fused-ring (bicyclic) bond motifs is 1. The number of ether oxygens (including phenoxy) is 1. The highest BCUT2D eigenvalue weighted by molar-refractivity contribution is 7.08. The Labute approximate surface area is 127 Å². The van der Waals surface area contributed by atoms with Crippen molar-refractivity contribution < 1.29 is 4.74 Å². The number of rotatable bonds is 4. The number of thiophene rings is 1. The Balaban J connectivity index is 2.21. The smallest absolute Gasteiger partial charge is 0.121 e. The molecule has 2 aromatic heterocycles. The van der Waals surface area contributed by atoms with Crippen molar-refractivity contribution in [3.8, 4) is 17.0 Å². The monoisotopic (exact) mass is 303 g/mol. The molecule has 0 spiro atoms. The second-order valence-corrected chi connectivity index (χ2v) is 5.66. The van der Waals surface area contributed by atoms with Crippen LogP contribution in [0, 0.1) is 0 Å². The molecule has 4 heteroatoms. The van der Waals surface area contributed by atoms with E-state index in [2.05, 4.69) is 22.9 Å². The van der Waals surface area contributed by atoms with Crippen molar-refractivity contribution in [1.29, 1.82) is 0 Å². The molecule has 0 aliphatic rings. The van der Waals surface area contributed by atoms with Gasteiger partial charge in [0.05, 0.1) is 18.3 Å². The number of aryl methyl sites for hydroxylation is 1. The Morgan fingerprint density at radius 1 is 1.25 bits per heavy atom. The van der Waals surface area contributed by atoms with Crippen LogP contribution in [0.15, 0.2) is 41.1 Å². The van der Waals surface area contributed by atoms with E-state index in [1.807, 2.05) is 18.2 Å². The molecule has 102 valence electrons. The molecule has 2 nitrogen and oxygen atoms in total. The molecule has 0 bridgehead atoms. The lowest BCUT2D eigenvalue weighted by Gasteiger charge is -2.09. The molecule has 0 N–H and O–H groups in total. The lowest BCUT2D eigenvalue weighted by molar-refractivity contribution is 0.415. The van der Waals surface area contributed by atoms with Crippen molar-refractivity contribution in [2.24, 2.45) is 0 Å². The van der Waals surface area contributed by atoms with Gasteiger partial charge >= 0.3 is 0 Å². The molecular formula is C16H14ClNOS. The van der Waals surface area contributed by atoms with E-state index in [0.29, 0.717) is 5.88 Å². The molecule has 3 aromatic rings. The highest BCUT2D eigenvalue weighted by atomic mass is 35.5. The van der Waals surface area contributed by atoms with Crippen molar-refractivity contribution in [3.05, 3.63) is 46.7 Å². The van der Waals surface area contributed by atoms with Crippen LogP contribution in [0.3, 0.4) is 0 Å². The van der Waals surface area contributed by atoms with E-state index in [1.54, 1.807) is 18.4 Å². The number of pyridine rings is 1. The number of halogens is 1. The number of methoxy groups -OCH3 is 1. The molecule has 0 fully saturated rings. The van der Waals surface area contributed by atoms with E-state index >= 15 is 0 Å². The molecule has 0 unspecified atom stereocenters. The molecule has 2 heterocycles. The van der Waals surface area contributed by atoms with Gasteiger partial charge in [0.1, 0.15) is 5.75 Å². The summed E-state index contributed by atoms with van der Waals surface area (Å²) in [7, 11) is 1.67. The van der Waals surface area contributed by atoms with Crippen LogP contribution in [0.2, 0.25) is 0 Å². The highest BCUT2D eigenvalue weighted by Gasteiger charge is 2.10. The SMILES string of the molecule is COc1ccc2cc(CCCl)c(-c3ccsc3)nc2c1. The summed E-state index contributed by atoms with van der Waals surface area (Å²) in [5.74, 6) is 1.42. The Hall–Kier alpha value is -1.58. The summed E-state index contributed by atoms with van der Waals surface area (Å²) in [6, 6.07) is 10.2. The van der Waals surface area contributed by atoms with Gasteiger partial charge in [-0.3, -0.25) is 0 Å². The predicted molar refractivity (Wildman–Crippen MR) is 86.0 cm³/mol. The predicted octanol–water partition coefficient (Wildman–Crippen LogP) is 4.75. The minimum absolute atomic E-state index is 0.598. The largest absolute Gasteiger partial charge is 0.497 e. The van der Waals surface area contributed by atoms with Crippen molar-refractivity contribution in [2.45, 2.75) is 6.42 Å². The Morgan fingerprint density at radius 2 is 2.15 bits per heavy atom. The van der Waals surface area contributed by atoms with Crippen LogP contribution in [-0.2, 0) is 6.42 Å². The van der Waals surface area contributed by atoms with Crippen LogP contribution in [0.4, 0.5) is 0 Å². The van der Waals surface area contributed by atoms with Crippen molar-refractivity contribution in [1.82, 2.24) is 4.98 Å². The van der Waals surface area contributed by atoms with Crippen molar-refractivity contribution >= 4 is 33.8 Å². The van der Waals surface area contributed by atoms with Gasteiger partial charge in [-0.25, -0.2) is 4.98 Å². The number of alkyl halides is 1. The maximum atomic E-state index is 5.92. The van der Waals surface area contributed by atoms with E-state index < -0.39 is 0 Å². The standard InChI is InChI=1S/C16H14ClNOS/c1-19-14-3-2-11-8-12(4-6-17)16(18-15(11)9-14)13-5-7-20-10-13/h2-3,5,7-10H,4,6H2,1H3. The zero-order valence-corrected chi connectivity index (χ0v) is 12.7. The fraction of sp³-hybridized carbons (Fsp3) is 0.188. The quantitative estimate of drug-likeness (QED) is 0.649. The van der Waals surface area contributed by atoms with Gasteiger partial charge in [-0.1, -0.05) is 0 Å². The summed E-state index contributed by atoms with van der Waals surface area (Å²) < 4.78 is 5.27. The fourth-order valence-electron chi connectivity index (χ4n) is 2.26. The second-order valence-electron chi connectivity index (χ2n) is 4.51. The maximum absolute atomic E-state index is 5.92. The van der Waals surface area contributed by atoms with Crippen molar-refractivity contribution in [3.63, 3.8) is 0 Å². The van der Waals surface area contributed by atoms with E-state index in [9.17, 15) is 0 Å². The normalized spacial score (nSPS) is 10.9. The first-order chi connectivity index (χ1) is 9.81. The first kappa shape index (κ1) is 13.4. The molecule has 0 amide bonds. The number of nitrogens with zero attached hydrogens (tertiary/aromatic N) is 1. The molecule has 0 radical (unpaired) electrons.